The molecule has 7 nitrogen and oxygen atoms in total. The molecule has 21 heavy (non-hydrogen) atoms. The van der Waals surface area contributed by atoms with Crippen molar-refractivity contribution in [1.29, 1.82) is 0 Å². The number of anilines is 1. The third kappa shape index (κ3) is 2.78. The van der Waals surface area contributed by atoms with Crippen LogP contribution in [0, 0.1) is 0 Å². The number of nitrogens with zero attached hydrogens (tertiary/aromatic N) is 3. The summed E-state index contributed by atoms with van der Waals surface area (Å²) in [5, 5.41) is 1.81. The lowest BCUT2D eigenvalue weighted by Gasteiger charge is -2.24. The average Bonchev–Trinajstić information content (AvgIpc) is 3.09. The summed E-state index contributed by atoms with van der Waals surface area (Å²) in [5.41, 5.74) is 5.75. The van der Waals surface area contributed by atoms with Crippen LogP contribution in [0.4, 0.5) is 5.82 Å². The number of hydrogen-bond acceptors (Lipinski definition) is 6. The SMILES string of the molecule is CC(CNS(=O)(=O)c1c(N)nc2sccn12)N(C)C1CC1. The standard InChI is InChI=1S/C12H19N5O2S2/c1-8(16(2)9-3-4-9)7-14-21(18,19)11-10(13)15-12-17(11)5-6-20-12/h5-6,8-9,14H,3-4,7,13H2,1-2H3. The molecule has 2 aromatic rings. The van der Waals surface area contributed by atoms with Crippen molar-refractivity contribution in [2.75, 3.05) is 19.3 Å². The Kier molecular flexibility index (Phi) is 3.68. The summed E-state index contributed by atoms with van der Waals surface area (Å²) in [4.78, 5) is 6.86. The quantitative estimate of drug-likeness (QED) is 0.815. The van der Waals surface area contributed by atoms with Crippen LogP contribution in [0.3, 0.4) is 0 Å². The second-order valence-electron chi connectivity index (χ2n) is 5.46. The van der Waals surface area contributed by atoms with E-state index in [9.17, 15) is 8.42 Å². The van der Waals surface area contributed by atoms with Crippen molar-refractivity contribution in [3.63, 3.8) is 0 Å². The second-order valence-corrected chi connectivity index (χ2v) is 8.01. The van der Waals surface area contributed by atoms with Crippen LogP contribution in [0.2, 0.25) is 0 Å². The van der Waals surface area contributed by atoms with Crippen molar-refractivity contribution in [1.82, 2.24) is 19.0 Å². The number of imidazole rings is 1. The molecule has 0 saturated heterocycles. The van der Waals surface area contributed by atoms with Crippen LogP contribution in [-0.4, -0.2) is 48.4 Å². The van der Waals surface area contributed by atoms with Crippen molar-refractivity contribution in [3.05, 3.63) is 11.6 Å². The maximum Gasteiger partial charge on any atom is 0.260 e. The zero-order chi connectivity index (χ0) is 15.2. The highest BCUT2D eigenvalue weighted by molar-refractivity contribution is 7.89. The van der Waals surface area contributed by atoms with Crippen molar-refractivity contribution in [3.8, 4) is 0 Å². The third-order valence-electron chi connectivity index (χ3n) is 3.88. The van der Waals surface area contributed by atoms with Crippen molar-refractivity contribution in [2.24, 2.45) is 0 Å². The first-order valence-electron chi connectivity index (χ1n) is 6.83. The Morgan fingerprint density at radius 3 is 3.00 bits per heavy atom. The van der Waals surface area contributed by atoms with Crippen molar-refractivity contribution < 1.29 is 8.42 Å². The van der Waals surface area contributed by atoms with Crippen LogP contribution in [0.15, 0.2) is 16.6 Å². The number of nitrogens with two attached hydrogens (primary N) is 1. The summed E-state index contributed by atoms with van der Waals surface area (Å²) in [7, 11) is -1.64. The molecule has 2 heterocycles. The van der Waals surface area contributed by atoms with E-state index in [-0.39, 0.29) is 16.9 Å². The molecule has 0 aliphatic heterocycles. The Morgan fingerprint density at radius 1 is 1.62 bits per heavy atom. The van der Waals surface area contributed by atoms with Gasteiger partial charge in [-0.05, 0) is 26.8 Å². The summed E-state index contributed by atoms with van der Waals surface area (Å²) in [6, 6.07) is 0.729. The number of nitrogen functional groups attached to an aromatic ring is 1. The lowest BCUT2D eigenvalue weighted by molar-refractivity contribution is 0.248. The molecule has 3 N–H and O–H groups in total. The monoisotopic (exact) mass is 329 g/mol. The fourth-order valence-corrected chi connectivity index (χ4v) is 4.44. The highest BCUT2D eigenvalue weighted by Crippen LogP contribution is 2.27. The molecule has 116 valence electrons. The van der Waals surface area contributed by atoms with E-state index >= 15 is 0 Å². The molecule has 0 radical (unpaired) electrons. The van der Waals surface area contributed by atoms with Gasteiger partial charge in [-0.3, -0.25) is 9.30 Å². The maximum absolute atomic E-state index is 12.5. The lowest BCUT2D eigenvalue weighted by Crippen LogP contribution is -2.41. The van der Waals surface area contributed by atoms with E-state index in [0.717, 1.165) is 0 Å². The van der Waals surface area contributed by atoms with E-state index in [2.05, 4.69) is 14.6 Å². The second kappa shape index (κ2) is 5.24. The zero-order valence-electron chi connectivity index (χ0n) is 12.0. The van der Waals surface area contributed by atoms with Crippen LogP contribution in [0.1, 0.15) is 19.8 Å². The molecular weight excluding hydrogens is 310 g/mol. The molecule has 0 spiro atoms. The minimum atomic E-state index is -3.67. The molecule has 1 aliphatic rings. The molecule has 0 bridgehead atoms. The Labute approximate surface area is 127 Å². The summed E-state index contributed by atoms with van der Waals surface area (Å²) in [6.07, 6.45) is 4.05. The number of rotatable bonds is 6. The number of sulfonamides is 1. The van der Waals surface area contributed by atoms with Gasteiger partial charge in [0.15, 0.2) is 15.8 Å². The molecule has 0 amide bonds. The normalized spacial score (nSPS) is 17.7. The van der Waals surface area contributed by atoms with Crippen molar-refractivity contribution >= 4 is 32.1 Å². The minimum absolute atomic E-state index is 0.0278. The highest BCUT2D eigenvalue weighted by Gasteiger charge is 2.30. The molecule has 1 unspecified atom stereocenters. The Hall–Kier alpha value is -1.16. The van der Waals surface area contributed by atoms with Crippen LogP contribution in [0.25, 0.3) is 4.96 Å². The fourth-order valence-electron chi connectivity index (χ4n) is 2.33. The summed E-state index contributed by atoms with van der Waals surface area (Å²) >= 11 is 1.35. The fraction of sp³-hybridized carbons (Fsp3) is 0.583. The summed E-state index contributed by atoms with van der Waals surface area (Å²) in [5.74, 6) is 0.0394. The first kappa shape index (κ1) is 14.8. The van der Waals surface area contributed by atoms with Gasteiger partial charge in [-0.1, -0.05) is 0 Å². The van der Waals surface area contributed by atoms with Gasteiger partial charge in [0.1, 0.15) is 0 Å². The van der Waals surface area contributed by atoms with Crippen LogP contribution >= 0.6 is 11.3 Å². The number of fused-ring (bicyclic) bond motifs is 1. The molecular formula is C12H19N5O2S2. The smallest absolute Gasteiger partial charge is 0.260 e. The summed E-state index contributed by atoms with van der Waals surface area (Å²) < 4.78 is 29.1. The van der Waals surface area contributed by atoms with E-state index in [1.54, 1.807) is 11.6 Å². The molecule has 0 aromatic carbocycles. The molecule has 1 atom stereocenters. The number of aromatic nitrogens is 2. The average molecular weight is 329 g/mol. The molecule has 2 aromatic heterocycles. The summed E-state index contributed by atoms with van der Waals surface area (Å²) in [6.45, 7) is 2.37. The predicted octanol–water partition coefficient (Wildman–Crippen LogP) is 0.739. The van der Waals surface area contributed by atoms with E-state index in [0.29, 0.717) is 17.5 Å². The Morgan fingerprint density at radius 2 is 2.33 bits per heavy atom. The van der Waals surface area contributed by atoms with Gasteiger partial charge < -0.3 is 5.73 Å². The van der Waals surface area contributed by atoms with E-state index in [1.165, 1.54) is 28.6 Å². The largest absolute Gasteiger partial charge is 0.381 e. The van der Waals surface area contributed by atoms with Crippen LogP contribution in [0.5, 0.6) is 0 Å². The van der Waals surface area contributed by atoms with Gasteiger partial charge in [0.25, 0.3) is 10.0 Å². The van der Waals surface area contributed by atoms with Gasteiger partial charge in [0.2, 0.25) is 0 Å². The van der Waals surface area contributed by atoms with Gasteiger partial charge in [-0.2, -0.15) is 0 Å². The van der Waals surface area contributed by atoms with Gasteiger partial charge in [-0.25, -0.2) is 18.1 Å². The van der Waals surface area contributed by atoms with Gasteiger partial charge in [0, 0.05) is 30.2 Å². The van der Waals surface area contributed by atoms with E-state index in [1.807, 2.05) is 14.0 Å². The number of hydrogen-bond donors (Lipinski definition) is 2. The topological polar surface area (TPSA) is 92.7 Å². The number of thiazole rings is 1. The van der Waals surface area contributed by atoms with E-state index < -0.39 is 10.0 Å². The van der Waals surface area contributed by atoms with Crippen molar-refractivity contribution in [2.45, 2.75) is 36.9 Å². The number of nitrogens with one attached hydrogen (secondary N) is 1. The third-order valence-corrected chi connectivity index (χ3v) is 6.10. The van der Waals surface area contributed by atoms with E-state index in [4.69, 9.17) is 5.73 Å². The molecule has 9 heteroatoms. The molecule has 1 aliphatic carbocycles. The molecule has 3 rings (SSSR count). The predicted molar refractivity (Wildman–Crippen MR) is 82.9 cm³/mol. The Bertz CT molecular complexity index is 747. The lowest BCUT2D eigenvalue weighted by atomic mass is 10.3. The zero-order valence-corrected chi connectivity index (χ0v) is 13.6. The minimum Gasteiger partial charge on any atom is -0.381 e. The Balaban J connectivity index is 1.77. The first-order chi connectivity index (χ1) is 9.90. The van der Waals surface area contributed by atoms with Gasteiger partial charge in [0.05, 0.1) is 0 Å². The number of likely N-dealkylation sites (N-methyl/N-ethyl adjacent to an activating group) is 1. The molecule has 1 fully saturated rings. The van der Waals surface area contributed by atoms with Gasteiger partial charge in [-0.15, -0.1) is 11.3 Å². The highest BCUT2D eigenvalue weighted by atomic mass is 32.2. The van der Waals surface area contributed by atoms with Crippen LogP contribution in [-0.2, 0) is 10.0 Å². The van der Waals surface area contributed by atoms with Crippen LogP contribution < -0.4 is 10.5 Å². The first-order valence-corrected chi connectivity index (χ1v) is 9.19. The maximum atomic E-state index is 12.5. The molecule has 1 saturated carbocycles. The van der Waals surface area contributed by atoms with Gasteiger partial charge >= 0.3 is 0 Å².